The van der Waals surface area contributed by atoms with E-state index in [0.29, 0.717) is 18.0 Å². The summed E-state index contributed by atoms with van der Waals surface area (Å²) in [5.41, 5.74) is 2.71. The minimum absolute atomic E-state index is 0.00824. The summed E-state index contributed by atoms with van der Waals surface area (Å²) in [5, 5.41) is 13.4. The predicted molar refractivity (Wildman–Crippen MR) is 128 cm³/mol. The molecular weight excluding hydrogens is 446 g/mol. The molecule has 7 heteroatoms. The smallest absolute Gasteiger partial charge is 0.300 e. The summed E-state index contributed by atoms with van der Waals surface area (Å²) in [7, 11) is 0. The fraction of sp³-hybridized carbons (Fsp3) is 0.200. The van der Waals surface area contributed by atoms with Crippen LogP contribution in [0.1, 0.15) is 34.5 Å². The second kappa shape index (κ2) is 8.81. The maximum atomic E-state index is 13.3. The van der Waals surface area contributed by atoms with Gasteiger partial charge in [0.1, 0.15) is 17.6 Å². The Morgan fingerprint density at radius 3 is 2.62 bits per heavy atom. The quantitative estimate of drug-likeness (QED) is 0.282. The number of thiophene rings is 1. The third-order valence-electron chi connectivity index (χ3n) is 5.39. The van der Waals surface area contributed by atoms with E-state index in [1.54, 1.807) is 18.2 Å². The zero-order chi connectivity index (χ0) is 23.0. The molecule has 32 heavy (non-hydrogen) atoms. The van der Waals surface area contributed by atoms with E-state index in [9.17, 15) is 14.7 Å². The molecule has 1 fully saturated rings. The molecule has 5 nitrogen and oxygen atoms in total. The number of carbonyl (C=O) groups is 2. The lowest BCUT2D eigenvalue weighted by Crippen LogP contribution is -2.29. The first-order chi connectivity index (χ1) is 15.3. The molecule has 0 saturated carbocycles. The normalized spacial score (nSPS) is 17.8. The van der Waals surface area contributed by atoms with Crippen LogP contribution in [-0.4, -0.2) is 23.4 Å². The van der Waals surface area contributed by atoms with Crippen molar-refractivity contribution in [2.45, 2.75) is 26.8 Å². The van der Waals surface area contributed by atoms with Gasteiger partial charge in [-0.3, -0.25) is 14.5 Å². The molecule has 1 unspecified atom stereocenters. The highest BCUT2D eigenvalue weighted by Crippen LogP contribution is 2.45. The third-order valence-corrected chi connectivity index (χ3v) is 6.64. The van der Waals surface area contributed by atoms with E-state index in [0.717, 1.165) is 16.0 Å². The van der Waals surface area contributed by atoms with Gasteiger partial charge in [-0.05, 0) is 67.6 Å². The van der Waals surface area contributed by atoms with Crippen molar-refractivity contribution in [3.8, 4) is 5.75 Å². The Labute approximate surface area is 195 Å². The molecule has 1 atom stereocenters. The lowest BCUT2D eigenvalue weighted by Gasteiger charge is -2.26. The highest BCUT2D eigenvalue weighted by molar-refractivity contribution is 7.10. The number of aryl methyl sites for hydroxylation is 2. The monoisotopic (exact) mass is 467 g/mol. The van der Waals surface area contributed by atoms with Crippen LogP contribution in [0, 0.1) is 13.8 Å². The van der Waals surface area contributed by atoms with Crippen LogP contribution in [-0.2, 0) is 9.59 Å². The summed E-state index contributed by atoms with van der Waals surface area (Å²) in [6.07, 6.45) is 0. The number of carbonyl (C=O) groups excluding carboxylic acids is 2. The molecule has 0 bridgehead atoms. The molecule has 1 aliphatic rings. The topological polar surface area (TPSA) is 66.8 Å². The lowest BCUT2D eigenvalue weighted by atomic mass is 9.99. The van der Waals surface area contributed by atoms with Crippen molar-refractivity contribution in [2.75, 3.05) is 11.5 Å². The standard InChI is InChI=1S/C25H22ClNO4S/c1-4-31-16-9-10-18(26)17(13-16)23(28)21-22(20-6-5-11-32-20)27(25(30)24(21)29)19-12-14(2)7-8-15(19)3/h5-13,22,28H,4H2,1-3H3/b23-21-. The molecule has 1 saturated heterocycles. The molecule has 164 valence electrons. The molecule has 0 aliphatic carbocycles. The minimum Gasteiger partial charge on any atom is -0.507 e. The first kappa shape index (κ1) is 22.1. The summed E-state index contributed by atoms with van der Waals surface area (Å²) >= 11 is 7.78. The van der Waals surface area contributed by atoms with Crippen molar-refractivity contribution in [1.82, 2.24) is 0 Å². The van der Waals surface area contributed by atoms with Gasteiger partial charge < -0.3 is 9.84 Å². The number of hydrogen-bond acceptors (Lipinski definition) is 5. The van der Waals surface area contributed by atoms with Crippen LogP contribution in [0.25, 0.3) is 5.76 Å². The molecule has 4 rings (SSSR count). The van der Waals surface area contributed by atoms with Crippen LogP contribution in [0.5, 0.6) is 5.75 Å². The fourth-order valence-electron chi connectivity index (χ4n) is 3.86. The average Bonchev–Trinajstić information content (AvgIpc) is 3.38. The lowest BCUT2D eigenvalue weighted by molar-refractivity contribution is -0.132. The van der Waals surface area contributed by atoms with Crippen molar-refractivity contribution in [3.05, 3.63) is 86.1 Å². The van der Waals surface area contributed by atoms with Crippen molar-refractivity contribution >= 4 is 46.1 Å². The number of hydrogen-bond donors (Lipinski definition) is 1. The number of ketones is 1. The van der Waals surface area contributed by atoms with E-state index in [-0.39, 0.29) is 21.9 Å². The van der Waals surface area contributed by atoms with Crippen molar-refractivity contribution in [1.29, 1.82) is 0 Å². The Kier molecular flexibility index (Phi) is 6.09. The van der Waals surface area contributed by atoms with Gasteiger partial charge in [-0.1, -0.05) is 29.8 Å². The first-order valence-corrected chi connectivity index (χ1v) is 11.4. The Balaban J connectivity index is 1.96. The van der Waals surface area contributed by atoms with Crippen LogP contribution in [0.15, 0.2) is 59.5 Å². The van der Waals surface area contributed by atoms with E-state index < -0.39 is 17.7 Å². The van der Waals surface area contributed by atoms with Gasteiger partial charge >= 0.3 is 0 Å². The Bertz CT molecular complexity index is 1230. The average molecular weight is 468 g/mol. The number of ether oxygens (including phenoxy) is 1. The molecule has 2 aromatic carbocycles. The summed E-state index contributed by atoms with van der Waals surface area (Å²) < 4.78 is 5.53. The molecular formula is C25H22ClNO4S. The van der Waals surface area contributed by atoms with Gasteiger partial charge in [0.15, 0.2) is 0 Å². The van der Waals surface area contributed by atoms with E-state index in [4.69, 9.17) is 16.3 Å². The van der Waals surface area contributed by atoms with E-state index in [1.165, 1.54) is 16.2 Å². The maximum absolute atomic E-state index is 13.3. The van der Waals surface area contributed by atoms with Gasteiger partial charge in [0.05, 0.1) is 17.2 Å². The van der Waals surface area contributed by atoms with Crippen molar-refractivity contribution in [2.24, 2.45) is 0 Å². The van der Waals surface area contributed by atoms with Gasteiger partial charge in [0.25, 0.3) is 11.7 Å². The molecule has 3 aromatic rings. The number of amides is 1. The first-order valence-electron chi connectivity index (χ1n) is 10.2. The van der Waals surface area contributed by atoms with Crippen molar-refractivity contribution in [3.63, 3.8) is 0 Å². The number of anilines is 1. The van der Waals surface area contributed by atoms with E-state index in [2.05, 4.69) is 0 Å². The number of aliphatic hydroxyl groups is 1. The Morgan fingerprint density at radius 2 is 1.94 bits per heavy atom. The number of Topliss-reactive ketones (excluding diaryl/α,β-unsaturated/α-hetero) is 1. The number of benzene rings is 2. The van der Waals surface area contributed by atoms with E-state index in [1.807, 2.05) is 56.5 Å². The molecule has 0 radical (unpaired) electrons. The van der Waals surface area contributed by atoms with Gasteiger partial charge in [-0.15, -0.1) is 11.3 Å². The van der Waals surface area contributed by atoms with Crippen molar-refractivity contribution < 1.29 is 19.4 Å². The molecule has 1 aromatic heterocycles. The zero-order valence-electron chi connectivity index (χ0n) is 17.9. The molecule has 1 N–H and O–H groups in total. The van der Waals surface area contributed by atoms with Gasteiger partial charge in [-0.25, -0.2) is 0 Å². The molecule has 0 spiro atoms. The Morgan fingerprint density at radius 1 is 1.16 bits per heavy atom. The second-order valence-electron chi connectivity index (χ2n) is 7.55. The van der Waals surface area contributed by atoms with Crippen LogP contribution in [0.3, 0.4) is 0 Å². The summed E-state index contributed by atoms with van der Waals surface area (Å²) in [6, 6.07) is 13.6. The number of aliphatic hydroxyl groups excluding tert-OH is 1. The highest BCUT2D eigenvalue weighted by Gasteiger charge is 2.48. The Hall–Kier alpha value is -3.09. The van der Waals surface area contributed by atoms with Gasteiger partial charge in [0, 0.05) is 16.1 Å². The second-order valence-corrected chi connectivity index (χ2v) is 8.94. The molecule has 1 amide bonds. The van der Waals surface area contributed by atoms with Gasteiger partial charge in [-0.2, -0.15) is 0 Å². The molecule has 2 heterocycles. The number of halogens is 1. The number of nitrogens with zero attached hydrogens (tertiary/aromatic N) is 1. The fourth-order valence-corrected chi connectivity index (χ4v) is 4.89. The predicted octanol–water partition coefficient (Wildman–Crippen LogP) is 6.04. The summed E-state index contributed by atoms with van der Waals surface area (Å²) in [6.45, 7) is 6.11. The van der Waals surface area contributed by atoms with E-state index >= 15 is 0 Å². The molecule has 1 aliphatic heterocycles. The third kappa shape index (κ3) is 3.80. The zero-order valence-corrected chi connectivity index (χ0v) is 19.5. The minimum atomic E-state index is -0.762. The highest BCUT2D eigenvalue weighted by atomic mass is 35.5. The van der Waals surface area contributed by atoms with Crippen LogP contribution in [0.4, 0.5) is 5.69 Å². The van der Waals surface area contributed by atoms with Crippen LogP contribution in [0.2, 0.25) is 5.02 Å². The summed E-state index contributed by atoms with van der Waals surface area (Å²) in [4.78, 5) is 28.7. The largest absolute Gasteiger partial charge is 0.507 e. The number of rotatable bonds is 5. The van der Waals surface area contributed by atoms with Crippen LogP contribution < -0.4 is 9.64 Å². The summed E-state index contributed by atoms with van der Waals surface area (Å²) in [5.74, 6) is -1.24. The maximum Gasteiger partial charge on any atom is 0.300 e. The van der Waals surface area contributed by atoms with Crippen LogP contribution >= 0.6 is 22.9 Å². The van der Waals surface area contributed by atoms with Gasteiger partial charge in [0.2, 0.25) is 0 Å². The SMILES string of the molecule is CCOc1ccc(Cl)c(/C(O)=C2/C(=O)C(=O)N(c3cc(C)ccc3C)C2c2cccs2)c1.